The highest BCUT2D eigenvalue weighted by atomic mass is 127. The van der Waals surface area contributed by atoms with E-state index in [4.69, 9.17) is 13.9 Å². The third kappa shape index (κ3) is 8.38. The van der Waals surface area contributed by atoms with Gasteiger partial charge in [-0.3, -0.25) is 9.89 Å². The summed E-state index contributed by atoms with van der Waals surface area (Å²) in [6.45, 7) is 6.47. The van der Waals surface area contributed by atoms with E-state index < -0.39 is 0 Å². The van der Waals surface area contributed by atoms with Crippen molar-refractivity contribution in [3.8, 4) is 0 Å². The van der Waals surface area contributed by atoms with Gasteiger partial charge in [-0.25, -0.2) is 0 Å². The van der Waals surface area contributed by atoms with Crippen molar-refractivity contribution >= 4 is 29.9 Å². The molecule has 1 aromatic heterocycles. The van der Waals surface area contributed by atoms with Crippen molar-refractivity contribution in [2.24, 2.45) is 10.9 Å². The van der Waals surface area contributed by atoms with E-state index in [2.05, 4.69) is 51.4 Å². The second-order valence-corrected chi connectivity index (χ2v) is 8.09. The Morgan fingerprint density at radius 2 is 2.00 bits per heavy atom. The maximum absolute atomic E-state index is 5.72. The van der Waals surface area contributed by atoms with E-state index in [1.807, 2.05) is 19.2 Å². The average Bonchev–Trinajstić information content (AvgIpc) is 3.45. The number of aliphatic imine (C=N–C) groups is 1. The molecule has 1 fully saturated rings. The second kappa shape index (κ2) is 14.5. The minimum absolute atomic E-state index is 0. The Balaban J connectivity index is 0.00000363. The normalized spacial score (nSPS) is 16.4. The first-order valence-corrected chi connectivity index (χ1v) is 11.0. The van der Waals surface area contributed by atoms with Crippen LogP contribution in [0.15, 0.2) is 52.1 Å². The molecule has 1 unspecified atom stereocenters. The molecule has 1 aliphatic heterocycles. The molecule has 0 amide bonds. The Morgan fingerprint density at radius 3 is 2.72 bits per heavy atom. The molecule has 0 aliphatic carbocycles. The van der Waals surface area contributed by atoms with Gasteiger partial charge in [-0.05, 0) is 36.7 Å². The Morgan fingerprint density at radius 1 is 1.19 bits per heavy atom. The van der Waals surface area contributed by atoms with Crippen LogP contribution in [0.2, 0.25) is 0 Å². The first-order valence-electron chi connectivity index (χ1n) is 11.0. The molecule has 1 aromatic carbocycles. The van der Waals surface area contributed by atoms with Gasteiger partial charge in [0.25, 0.3) is 0 Å². The highest BCUT2D eigenvalue weighted by Gasteiger charge is 2.25. The maximum Gasteiger partial charge on any atom is 0.193 e. The molecule has 7 nitrogen and oxygen atoms in total. The van der Waals surface area contributed by atoms with Crippen LogP contribution in [0.1, 0.15) is 23.3 Å². The van der Waals surface area contributed by atoms with Gasteiger partial charge in [-0.2, -0.15) is 0 Å². The molecule has 2 aromatic rings. The number of hydrogen-bond donors (Lipinski definition) is 1. The molecule has 0 bridgehead atoms. The van der Waals surface area contributed by atoms with Crippen LogP contribution in [0.25, 0.3) is 0 Å². The maximum atomic E-state index is 5.72. The summed E-state index contributed by atoms with van der Waals surface area (Å²) in [5.41, 5.74) is 2.60. The van der Waals surface area contributed by atoms with Crippen molar-refractivity contribution in [3.63, 3.8) is 0 Å². The van der Waals surface area contributed by atoms with Crippen molar-refractivity contribution in [2.75, 3.05) is 54.1 Å². The lowest BCUT2D eigenvalue weighted by atomic mass is 10.1. The molecular weight excluding hydrogens is 519 g/mol. The summed E-state index contributed by atoms with van der Waals surface area (Å²) in [4.78, 5) is 9.11. The van der Waals surface area contributed by atoms with Crippen molar-refractivity contribution in [1.82, 2.24) is 15.1 Å². The monoisotopic (exact) mass is 556 g/mol. The summed E-state index contributed by atoms with van der Waals surface area (Å²) in [6.07, 6.45) is 2.85. The van der Waals surface area contributed by atoms with Crippen molar-refractivity contribution in [3.05, 3.63) is 59.5 Å². The van der Waals surface area contributed by atoms with Gasteiger partial charge in [0.2, 0.25) is 0 Å². The number of guanidine groups is 1. The van der Waals surface area contributed by atoms with Crippen LogP contribution in [0.5, 0.6) is 0 Å². The molecule has 32 heavy (non-hydrogen) atoms. The third-order valence-electron chi connectivity index (χ3n) is 5.58. The van der Waals surface area contributed by atoms with Gasteiger partial charge in [0.05, 0.1) is 32.6 Å². The molecule has 1 atom stereocenters. The number of nitrogens with one attached hydrogen (secondary N) is 1. The first kappa shape index (κ1) is 26.6. The van der Waals surface area contributed by atoms with Crippen LogP contribution in [-0.2, 0) is 29.1 Å². The van der Waals surface area contributed by atoms with E-state index in [0.29, 0.717) is 19.1 Å². The lowest BCUT2D eigenvalue weighted by Gasteiger charge is -2.23. The molecule has 1 aliphatic rings. The van der Waals surface area contributed by atoms with Crippen LogP contribution in [-0.4, -0.2) is 69.9 Å². The zero-order chi connectivity index (χ0) is 21.9. The van der Waals surface area contributed by atoms with Gasteiger partial charge < -0.3 is 24.1 Å². The standard InChI is InChI=1S/C24H36N4O3.HI/c1-25-24(28-11-10-20(16-28)19-30-14-13-29-3)26-15-21-7-4-5-8-22(21)17-27(2)18-23-9-6-12-31-23;/h4-9,12,20H,10-11,13-19H2,1-3H3,(H,25,26);1H. The van der Waals surface area contributed by atoms with E-state index in [9.17, 15) is 0 Å². The molecule has 1 saturated heterocycles. The zero-order valence-electron chi connectivity index (χ0n) is 19.5. The van der Waals surface area contributed by atoms with E-state index in [1.165, 1.54) is 11.1 Å². The summed E-state index contributed by atoms with van der Waals surface area (Å²) in [7, 11) is 5.67. The van der Waals surface area contributed by atoms with Gasteiger partial charge in [0.1, 0.15) is 5.76 Å². The van der Waals surface area contributed by atoms with Gasteiger partial charge in [0.15, 0.2) is 5.96 Å². The first-order chi connectivity index (χ1) is 15.2. The lowest BCUT2D eigenvalue weighted by molar-refractivity contribution is 0.0536. The fourth-order valence-electron chi connectivity index (χ4n) is 3.96. The molecule has 0 spiro atoms. The van der Waals surface area contributed by atoms with Crippen LogP contribution < -0.4 is 5.32 Å². The fourth-order valence-corrected chi connectivity index (χ4v) is 3.96. The Kier molecular flexibility index (Phi) is 12.1. The summed E-state index contributed by atoms with van der Waals surface area (Å²) in [6, 6.07) is 12.5. The number of likely N-dealkylation sites (tertiary alicyclic amines) is 1. The summed E-state index contributed by atoms with van der Waals surface area (Å²) < 4.78 is 16.2. The quantitative estimate of drug-likeness (QED) is 0.198. The molecule has 0 radical (unpaired) electrons. The molecule has 8 heteroatoms. The number of furan rings is 1. The Labute approximate surface area is 209 Å². The van der Waals surface area contributed by atoms with E-state index in [1.54, 1.807) is 13.4 Å². The molecular formula is C24H37IN4O3. The SMILES string of the molecule is CN=C(NCc1ccccc1CN(C)Cc1ccco1)N1CCC(COCCOC)C1.I. The van der Waals surface area contributed by atoms with Crippen LogP contribution in [0.4, 0.5) is 0 Å². The molecule has 0 saturated carbocycles. The summed E-state index contributed by atoms with van der Waals surface area (Å²) in [5, 5.41) is 3.56. The predicted molar refractivity (Wildman–Crippen MR) is 138 cm³/mol. The smallest absolute Gasteiger partial charge is 0.193 e. The number of rotatable bonds is 11. The fraction of sp³-hybridized carbons (Fsp3) is 0.542. The van der Waals surface area contributed by atoms with Crippen LogP contribution in [0, 0.1) is 5.92 Å². The Hall–Kier alpha value is -1.62. The highest BCUT2D eigenvalue weighted by molar-refractivity contribution is 14.0. The molecule has 3 rings (SSSR count). The van der Waals surface area contributed by atoms with Gasteiger partial charge in [-0.1, -0.05) is 24.3 Å². The zero-order valence-corrected chi connectivity index (χ0v) is 21.8. The highest BCUT2D eigenvalue weighted by Crippen LogP contribution is 2.18. The van der Waals surface area contributed by atoms with Crippen LogP contribution in [0.3, 0.4) is 0 Å². The van der Waals surface area contributed by atoms with Gasteiger partial charge in [-0.15, -0.1) is 24.0 Å². The van der Waals surface area contributed by atoms with E-state index in [-0.39, 0.29) is 24.0 Å². The summed E-state index contributed by atoms with van der Waals surface area (Å²) in [5.74, 6) is 2.48. The number of ether oxygens (including phenoxy) is 2. The summed E-state index contributed by atoms with van der Waals surface area (Å²) >= 11 is 0. The topological polar surface area (TPSA) is 62.5 Å². The number of benzene rings is 1. The number of hydrogen-bond acceptors (Lipinski definition) is 5. The van der Waals surface area contributed by atoms with Gasteiger partial charge >= 0.3 is 0 Å². The van der Waals surface area contributed by atoms with Crippen molar-refractivity contribution in [2.45, 2.75) is 26.1 Å². The van der Waals surface area contributed by atoms with E-state index in [0.717, 1.165) is 57.5 Å². The number of methoxy groups -OCH3 is 1. The van der Waals surface area contributed by atoms with Crippen LogP contribution >= 0.6 is 24.0 Å². The molecule has 1 N–H and O–H groups in total. The number of halogens is 1. The largest absolute Gasteiger partial charge is 0.468 e. The van der Waals surface area contributed by atoms with Crippen molar-refractivity contribution in [1.29, 1.82) is 0 Å². The minimum Gasteiger partial charge on any atom is -0.468 e. The molecule has 178 valence electrons. The molecule has 2 heterocycles. The number of nitrogens with zero attached hydrogens (tertiary/aromatic N) is 3. The second-order valence-electron chi connectivity index (χ2n) is 8.09. The van der Waals surface area contributed by atoms with Gasteiger partial charge in [0, 0.05) is 46.3 Å². The van der Waals surface area contributed by atoms with Crippen molar-refractivity contribution < 1.29 is 13.9 Å². The predicted octanol–water partition coefficient (Wildman–Crippen LogP) is 3.59. The lowest BCUT2D eigenvalue weighted by Crippen LogP contribution is -2.40. The van der Waals surface area contributed by atoms with E-state index >= 15 is 0 Å². The average molecular weight is 556 g/mol. The Bertz CT molecular complexity index is 800. The third-order valence-corrected chi connectivity index (χ3v) is 5.58. The minimum atomic E-state index is 0.